The van der Waals surface area contributed by atoms with Crippen LogP contribution in [0.5, 0.6) is 11.5 Å². The lowest BCUT2D eigenvalue weighted by Crippen LogP contribution is -2.29. The third-order valence-electron chi connectivity index (χ3n) is 3.86. The van der Waals surface area contributed by atoms with Crippen LogP contribution in [0, 0.1) is 5.92 Å². The number of hydrogen-bond acceptors (Lipinski definition) is 4. The van der Waals surface area contributed by atoms with Crippen molar-refractivity contribution in [3.8, 4) is 11.5 Å². The van der Waals surface area contributed by atoms with Gasteiger partial charge < -0.3 is 19.7 Å². The highest BCUT2D eigenvalue weighted by Gasteiger charge is 2.20. The summed E-state index contributed by atoms with van der Waals surface area (Å²) < 4.78 is 10.8. The van der Waals surface area contributed by atoms with Crippen molar-refractivity contribution >= 4 is 0 Å². The lowest BCUT2D eigenvalue weighted by atomic mass is 10.1. The Morgan fingerprint density at radius 1 is 1.25 bits per heavy atom. The van der Waals surface area contributed by atoms with Crippen LogP contribution in [-0.4, -0.2) is 51.3 Å². The second-order valence-electron chi connectivity index (χ2n) is 5.28. The van der Waals surface area contributed by atoms with Gasteiger partial charge in [-0.2, -0.15) is 0 Å². The third kappa shape index (κ3) is 4.69. The van der Waals surface area contributed by atoms with E-state index in [4.69, 9.17) is 9.47 Å². The zero-order valence-electron chi connectivity index (χ0n) is 12.6. The summed E-state index contributed by atoms with van der Waals surface area (Å²) in [6, 6.07) is 7.71. The number of hydrogen-bond donors (Lipinski definition) is 1. The van der Waals surface area contributed by atoms with Gasteiger partial charge in [-0.3, -0.25) is 0 Å². The van der Waals surface area contributed by atoms with Crippen molar-refractivity contribution in [3.05, 3.63) is 24.3 Å². The van der Waals surface area contributed by atoms with Crippen LogP contribution >= 0.6 is 0 Å². The largest absolute Gasteiger partial charge is 0.497 e. The Bertz CT molecular complexity index is 381. The van der Waals surface area contributed by atoms with Crippen molar-refractivity contribution in [3.63, 3.8) is 0 Å². The molecule has 1 saturated heterocycles. The van der Waals surface area contributed by atoms with Crippen molar-refractivity contribution in [2.45, 2.75) is 13.3 Å². The second-order valence-corrected chi connectivity index (χ2v) is 5.28. The molecule has 1 unspecified atom stereocenters. The minimum atomic E-state index is 0.705. The molecule has 0 saturated carbocycles. The highest BCUT2D eigenvalue weighted by Crippen LogP contribution is 2.17. The number of benzene rings is 1. The molecular formula is C16H26N2O2. The molecule has 20 heavy (non-hydrogen) atoms. The van der Waals surface area contributed by atoms with Gasteiger partial charge in [0.25, 0.3) is 0 Å². The zero-order chi connectivity index (χ0) is 14.2. The fourth-order valence-corrected chi connectivity index (χ4v) is 2.59. The average molecular weight is 278 g/mol. The van der Waals surface area contributed by atoms with Crippen molar-refractivity contribution in [2.75, 3.05) is 46.4 Å². The van der Waals surface area contributed by atoms with E-state index in [0.29, 0.717) is 6.61 Å². The molecule has 4 nitrogen and oxygen atoms in total. The molecule has 0 aromatic heterocycles. The van der Waals surface area contributed by atoms with Crippen molar-refractivity contribution < 1.29 is 9.47 Å². The van der Waals surface area contributed by atoms with Gasteiger partial charge in [-0.15, -0.1) is 0 Å². The van der Waals surface area contributed by atoms with Gasteiger partial charge in [0.2, 0.25) is 0 Å². The first kappa shape index (κ1) is 15.1. The molecule has 4 heteroatoms. The monoisotopic (exact) mass is 278 g/mol. The first-order valence-corrected chi connectivity index (χ1v) is 7.51. The van der Waals surface area contributed by atoms with Crippen LogP contribution < -0.4 is 14.8 Å². The van der Waals surface area contributed by atoms with Gasteiger partial charge in [-0.25, -0.2) is 0 Å². The first-order chi connectivity index (χ1) is 9.81. The first-order valence-electron chi connectivity index (χ1n) is 7.51. The summed E-state index contributed by atoms with van der Waals surface area (Å²) in [4.78, 5) is 2.51. The fraction of sp³-hybridized carbons (Fsp3) is 0.625. The summed E-state index contributed by atoms with van der Waals surface area (Å²) in [6.45, 7) is 8.61. The van der Waals surface area contributed by atoms with Crippen LogP contribution in [0.1, 0.15) is 13.3 Å². The summed E-state index contributed by atoms with van der Waals surface area (Å²) >= 11 is 0. The molecule has 1 aliphatic rings. The molecule has 0 spiro atoms. The van der Waals surface area contributed by atoms with Gasteiger partial charge in [0.05, 0.1) is 7.11 Å². The third-order valence-corrected chi connectivity index (χ3v) is 3.86. The maximum Gasteiger partial charge on any atom is 0.119 e. The lowest BCUT2D eigenvalue weighted by Gasteiger charge is -2.14. The van der Waals surface area contributed by atoms with Crippen LogP contribution in [0.15, 0.2) is 24.3 Å². The molecule has 0 amide bonds. The summed E-state index contributed by atoms with van der Waals surface area (Å²) in [7, 11) is 1.67. The summed E-state index contributed by atoms with van der Waals surface area (Å²) in [5.41, 5.74) is 0. The van der Waals surface area contributed by atoms with E-state index < -0.39 is 0 Å². The SMILES string of the molecule is CCN1CCC(CNCCOc2ccc(OC)cc2)C1. The topological polar surface area (TPSA) is 33.7 Å². The van der Waals surface area contributed by atoms with E-state index >= 15 is 0 Å². The molecule has 0 aliphatic carbocycles. The minimum Gasteiger partial charge on any atom is -0.497 e. The summed E-state index contributed by atoms with van der Waals surface area (Å²) in [5, 5.41) is 3.49. The number of likely N-dealkylation sites (tertiary alicyclic amines) is 1. The van der Waals surface area contributed by atoms with E-state index in [0.717, 1.165) is 30.5 Å². The zero-order valence-corrected chi connectivity index (χ0v) is 12.6. The number of rotatable bonds is 8. The van der Waals surface area contributed by atoms with E-state index in [1.807, 2.05) is 24.3 Å². The molecule has 1 atom stereocenters. The van der Waals surface area contributed by atoms with Gasteiger partial charge in [0.1, 0.15) is 18.1 Å². The summed E-state index contributed by atoms with van der Waals surface area (Å²) in [5.74, 6) is 2.55. The normalized spacial score (nSPS) is 19.2. The Kier molecular flexibility index (Phi) is 6.15. The second kappa shape index (κ2) is 8.12. The van der Waals surface area contributed by atoms with Crippen molar-refractivity contribution in [1.82, 2.24) is 10.2 Å². The molecule has 1 heterocycles. The standard InChI is InChI=1S/C16H26N2O2/c1-3-18-10-8-14(13-18)12-17-9-11-20-16-6-4-15(19-2)5-7-16/h4-7,14,17H,3,8-13H2,1-2H3. The Balaban J connectivity index is 1.55. The van der Waals surface area contributed by atoms with Gasteiger partial charge in [-0.05, 0) is 56.2 Å². The van der Waals surface area contributed by atoms with E-state index in [1.54, 1.807) is 7.11 Å². The number of nitrogens with one attached hydrogen (secondary N) is 1. The fourth-order valence-electron chi connectivity index (χ4n) is 2.59. The molecular weight excluding hydrogens is 252 g/mol. The molecule has 1 N–H and O–H groups in total. The quantitative estimate of drug-likeness (QED) is 0.738. The van der Waals surface area contributed by atoms with Crippen molar-refractivity contribution in [1.29, 1.82) is 0 Å². The molecule has 0 bridgehead atoms. The van der Waals surface area contributed by atoms with Crippen molar-refractivity contribution in [2.24, 2.45) is 5.92 Å². The Morgan fingerprint density at radius 2 is 2.00 bits per heavy atom. The van der Waals surface area contributed by atoms with Crippen LogP contribution in [0.25, 0.3) is 0 Å². The number of nitrogens with zero attached hydrogens (tertiary/aromatic N) is 1. The molecule has 1 aromatic rings. The lowest BCUT2D eigenvalue weighted by molar-refractivity contribution is 0.304. The predicted molar refractivity (Wildman–Crippen MR) is 81.6 cm³/mol. The van der Waals surface area contributed by atoms with Crippen LogP contribution in [0.2, 0.25) is 0 Å². The predicted octanol–water partition coefficient (Wildman–Crippen LogP) is 2.01. The van der Waals surface area contributed by atoms with Gasteiger partial charge in [0, 0.05) is 13.1 Å². The highest BCUT2D eigenvalue weighted by molar-refractivity contribution is 5.31. The van der Waals surface area contributed by atoms with E-state index in [2.05, 4.69) is 17.1 Å². The molecule has 0 radical (unpaired) electrons. The van der Waals surface area contributed by atoms with Crippen LogP contribution in [-0.2, 0) is 0 Å². The Labute approximate surface area is 122 Å². The Morgan fingerprint density at radius 3 is 2.65 bits per heavy atom. The molecule has 112 valence electrons. The number of ether oxygens (including phenoxy) is 2. The van der Waals surface area contributed by atoms with Gasteiger partial charge in [0.15, 0.2) is 0 Å². The maximum absolute atomic E-state index is 5.68. The van der Waals surface area contributed by atoms with Crippen LogP contribution in [0.4, 0.5) is 0 Å². The Hall–Kier alpha value is -1.26. The average Bonchev–Trinajstić information content (AvgIpc) is 2.95. The minimum absolute atomic E-state index is 0.705. The summed E-state index contributed by atoms with van der Waals surface area (Å²) in [6.07, 6.45) is 1.32. The highest BCUT2D eigenvalue weighted by atomic mass is 16.5. The van der Waals surface area contributed by atoms with Gasteiger partial charge in [-0.1, -0.05) is 6.92 Å². The maximum atomic E-state index is 5.68. The molecule has 2 rings (SSSR count). The van der Waals surface area contributed by atoms with E-state index in [9.17, 15) is 0 Å². The number of methoxy groups -OCH3 is 1. The van der Waals surface area contributed by atoms with E-state index in [-0.39, 0.29) is 0 Å². The van der Waals surface area contributed by atoms with Crippen LogP contribution in [0.3, 0.4) is 0 Å². The molecule has 1 fully saturated rings. The smallest absolute Gasteiger partial charge is 0.119 e. The van der Waals surface area contributed by atoms with Gasteiger partial charge >= 0.3 is 0 Å². The molecule has 1 aliphatic heterocycles. The van der Waals surface area contributed by atoms with E-state index in [1.165, 1.54) is 26.1 Å². The molecule has 1 aromatic carbocycles.